The molecule has 1 aliphatic heterocycles. The van der Waals surface area contributed by atoms with Gasteiger partial charge in [0.2, 0.25) is 5.78 Å². The van der Waals surface area contributed by atoms with Crippen LogP contribution < -0.4 is 9.47 Å². The minimum Gasteiger partial charge on any atom is -0.452 e. The average molecular weight is 368 g/mol. The van der Waals surface area contributed by atoms with Gasteiger partial charge < -0.3 is 9.47 Å². The largest absolute Gasteiger partial charge is 0.452 e. The van der Waals surface area contributed by atoms with Gasteiger partial charge in [0.15, 0.2) is 5.76 Å². The van der Waals surface area contributed by atoms with E-state index < -0.39 is 0 Å². The molecule has 2 heterocycles. The highest BCUT2D eigenvalue weighted by Gasteiger charge is 2.31. The number of ketones is 1. The van der Waals surface area contributed by atoms with Crippen LogP contribution in [-0.2, 0) is 4.79 Å². The molecule has 4 nitrogen and oxygen atoms in total. The molecule has 0 atom stereocenters. The maximum Gasteiger partial charge on any atom is 0.314 e. The Morgan fingerprint density at radius 1 is 1.23 bits per heavy atom. The fourth-order valence-corrected chi connectivity index (χ4v) is 4.16. The first kappa shape index (κ1) is 17.0. The first-order chi connectivity index (χ1) is 12.6. The Kier molecular flexibility index (Phi) is 4.64. The number of ether oxygens (including phenoxy) is 2. The predicted octanol–water partition coefficient (Wildman–Crippen LogP) is 5.16. The molecule has 1 aromatic heterocycles. The zero-order valence-corrected chi connectivity index (χ0v) is 15.4. The zero-order chi connectivity index (χ0) is 18.1. The number of hydrogen-bond donors (Lipinski definition) is 0. The molecular formula is C21H20O4S. The van der Waals surface area contributed by atoms with Crippen molar-refractivity contribution in [1.82, 2.24) is 0 Å². The number of carbonyl (C=O) groups excluding carboxylic acids is 2. The van der Waals surface area contributed by atoms with E-state index in [0.29, 0.717) is 28.4 Å². The van der Waals surface area contributed by atoms with Crippen LogP contribution in [0.4, 0.5) is 0 Å². The molecule has 0 N–H and O–H groups in total. The molecule has 0 unspecified atom stereocenters. The first-order valence-electron chi connectivity index (χ1n) is 8.96. The van der Waals surface area contributed by atoms with Crippen molar-refractivity contribution >= 4 is 29.2 Å². The third-order valence-corrected chi connectivity index (χ3v) is 5.82. The van der Waals surface area contributed by atoms with E-state index in [1.165, 1.54) is 6.42 Å². The molecule has 1 fully saturated rings. The third-order valence-electron chi connectivity index (χ3n) is 5.00. The summed E-state index contributed by atoms with van der Waals surface area (Å²) in [5.41, 5.74) is 1.21. The van der Waals surface area contributed by atoms with Crippen LogP contribution in [0.25, 0.3) is 6.08 Å². The van der Waals surface area contributed by atoms with Gasteiger partial charge >= 0.3 is 5.97 Å². The lowest BCUT2D eigenvalue weighted by Gasteiger charge is -2.20. The number of Topliss-reactive ketones (excluding diaryl/α,β-unsaturated/α-hetero) is 1. The Morgan fingerprint density at radius 2 is 2.04 bits per heavy atom. The van der Waals surface area contributed by atoms with Gasteiger partial charge in [-0.3, -0.25) is 9.59 Å². The molecule has 1 saturated carbocycles. The van der Waals surface area contributed by atoms with Gasteiger partial charge in [-0.25, -0.2) is 0 Å². The Morgan fingerprint density at radius 3 is 2.77 bits per heavy atom. The van der Waals surface area contributed by atoms with Crippen LogP contribution in [0.3, 0.4) is 0 Å². The van der Waals surface area contributed by atoms with E-state index in [2.05, 4.69) is 0 Å². The van der Waals surface area contributed by atoms with Crippen LogP contribution in [0.15, 0.2) is 35.4 Å². The fourth-order valence-electron chi connectivity index (χ4n) is 3.51. The minimum absolute atomic E-state index is 0.0201. The van der Waals surface area contributed by atoms with Gasteiger partial charge in [0.05, 0.1) is 11.5 Å². The van der Waals surface area contributed by atoms with E-state index in [-0.39, 0.29) is 17.7 Å². The van der Waals surface area contributed by atoms with Crippen molar-refractivity contribution in [2.75, 3.05) is 0 Å². The van der Waals surface area contributed by atoms with Crippen molar-refractivity contribution in [3.8, 4) is 11.5 Å². The summed E-state index contributed by atoms with van der Waals surface area (Å²) in [6.45, 7) is 1.82. The normalized spacial score (nSPS) is 18.7. The van der Waals surface area contributed by atoms with Gasteiger partial charge in [-0.2, -0.15) is 0 Å². The van der Waals surface area contributed by atoms with Crippen LogP contribution in [0.5, 0.6) is 11.5 Å². The number of thiophene rings is 1. The van der Waals surface area contributed by atoms with E-state index in [4.69, 9.17) is 9.47 Å². The molecule has 0 saturated heterocycles. The van der Waals surface area contributed by atoms with Crippen molar-refractivity contribution in [1.29, 1.82) is 0 Å². The highest BCUT2D eigenvalue weighted by atomic mass is 32.1. The zero-order valence-electron chi connectivity index (χ0n) is 14.6. The van der Waals surface area contributed by atoms with Crippen molar-refractivity contribution in [2.45, 2.75) is 39.0 Å². The van der Waals surface area contributed by atoms with Gasteiger partial charge in [0.25, 0.3) is 0 Å². The Hall–Kier alpha value is -2.40. The molecule has 0 spiro atoms. The number of hydrogen-bond acceptors (Lipinski definition) is 5. The summed E-state index contributed by atoms with van der Waals surface area (Å²) >= 11 is 1.54. The number of allylic oxidation sites excluding steroid dienone is 1. The van der Waals surface area contributed by atoms with Crippen LogP contribution in [0.1, 0.15) is 52.9 Å². The lowest BCUT2D eigenvalue weighted by Crippen LogP contribution is -2.23. The summed E-state index contributed by atoms with van der Waals surface area (Å²) in [6, 6.07) is 7.24. The summed E-state index contributed by atoms with van der Waals surface area (Å²) in [7, 11) is 0. The summed E-state index contributed by atoms with van der Waals surface area (Å²) < 4.78 is 11.5. The van der Waals surface area contributed by atoms with Crippen molar-refractivity contribution < 1.29 is 19.1 Å². The number of rotatable bonds is 3. The second-order valence-corrected chi connectivity index (χ2v) is 7.76. The van der Waals surface area contributed by atoms with Crippen LogP contribution >= 0.6 is 11.3 Å². The molecule has 4 rings (SSSR count). The first-order valence-corrected chi connectivity index (χ1v) is 9.84. The monoisotopic (exact) mass is 368 g/mol. The summed E-state index contributed by atoms with van der Waals surface area (Å²) in [4.78, 5) is 25.9. The van der Waals surface area contributed by atoms with Crippen LogP contribution in [0, 0.1) is 12.8 Å². The number of fused-ring (bicyclic) bond motifs is 1. The van der Waals surface area contributed by atoms with E-state index in [9.17, 15) is 9.59 Å². The van der Waals surface area contributed by atoms with E-state index >= 15 is 0 Å². The smallest absolute Gasteiger partial charge is 0.314 e. The Labute approximate surface area is 156 Å². The quantitative estimate of drug-likeness (QED) is 0.427. The fraction of sp³-hybridized carbons (Fsp3) is 0.333. The molecule has 5 heteroatoms. The van der Waals surface area contributed by atoms with E-state index in [1.807, 2.05) is 24.4 Å². The van der Waals surface area contributed by atoms with Crippen LogP contribution in [-0.4, -0.2) is 11.8 Å². The van der Waals surface area contributed by atoms with Gasteiger partial charge in [-0.15, -0.1) is 11.3 Å². The Bertz CT molecular complexity index is 874. The maximum atomic E-state index is 12.6. The molecule has 1 aromatic carbocycles. The van der Waals surface area contributed by atoms with E-state index in [1.54, 1.807) is 29.5 Å². The molecule has 0 radical (unpaired) electrons. The predicted molar refractivity (Wildman–Crippen MR) is 101 cm³/mol. The van der Waals surface area contributed by atoms with Crippen molar-refractivity contribution in [3.05, 3.63) is 51.4 Å². The summed E-state index contributed by atoms with van der Waals surface area (Å²) in [5, 5.41) is 1.95. The molecule has 2 aliphatic rings. The molecule has 2 aromatic rings. The summed E-state index contributed by atoms with van der Waals surface area (Å²) in [6.07, 6.45) is 6.89. The lowest BCUT2D eigenvalue weighted by atomic mass is 9.89. The summed E-state index contributed by atoms with van der Waals surface area (Å²) in [5.74, 6) is 0.943. The molecular weight excluding hydrogens is 348 g/mol. The highest BCUT2D eigenvalue weighted by molar-refractivity contribution is 7.10. The van der Waals surface area contributed by atoms with Gasteiger partial charge in [-0.05, 0) is 43.3 Å². The standard InChI is InChI=1S/C21H20O4S/c1-13-17(25-21(23)14-6-3-2-4-7-14)10-9-16-19(22)18(24-20(13)16)12-15-8-5-11-26-15/h5,8-12,14H,2-4,6-7H2,1H3/b18-12-. The average Bonchev–Trinajstić information content (AvgIpc) is 3.28. The maximum absolute atomic E-state index is 12.6. The Balaban J connectivity index is 1.57. The topological polar surface area (TPSA) is 52.6 Å². The van der Waals surface area contributed by atoms with E-state index in [0.717, 1.165) is 30.6 Å². The number of esters is 1. The molecule has 0 amide bonds. The second-order valence-electron chi connectivity index (χ2n) is 6.78. The second kappa shape index (κ2) is 7.08. The SMILES string of the molecule is Cc1c(OC(=O)C2CCCCC2)ccc2c1O/C(=C\c1cccs1)C2=O. The van der Waals surface area contributed by atoms with Crippen molar-refractivity contribution in [3.63, 3.8) is 0 Å². The van der Waals surface area contributed by atoms with Gasteiger partial charge in [0.1, 0.15) is 11.5 Å². The molecule has 0 bridgehead atoms. The minimum atomic E-state index is -0.175. The molecule has 26 heavy (non-hydrogen) atoms. The lowest BCUT2D eigenvalue weighted by molar-refractivity contribution is -0.140. The molecule has 1 aliphatic carbocycles. The van der Waals surface area contributed by atoms with Crippen molar-refractivity contribution in [2.24, 2.45) is 5.92 Å². The van der Waals surface area contributed by atoms with Crippen LogP contribution in [0.2, 0.25) is 0 Å². The number of carbonyl (C=O) groups is 2. The third kappa shape index (κ3) is 3.19. The number of benzene rings is 1. The van der Waals surface area contributed by atoms with Gasteiger partial charge in [0, 0.05) is 16.5 Å². The molecule has 134 valence electrons. The van der Waals surface area contributed by atoms with Gasteiger partial charge in [-0.1, -0.05) is 25.3 Å². The highest BCUT2D eigenvalue weighted by Crippen LogP contribution is 2.40.